The van der Waals surface area contributed by atoms with E-state index in [0.717, 1.165) is 18.4 Å². The van der Waals surface area contributed by atoms with E-state index in [1.807, 2.05) is 25.1 Å². The van der Waals surface area contributed by atoms with Gasteiger partial charge in [-0.25, -0.2) is 0 Å². The molecule has 21 heavy (non-hydrogen) atoms. The van der Waals surface area contributed by atoms with E-state index in [-0.39, 0.29) is 30.5 Å². The fraction of sp³-hybridized carbons (Fsp3) is 0.714. The summed E-state index contributed by atoms with van der Waals surface area (Å²) in [5, 5.41) is 16.8. The predicted octanol–water partition coefficient (Wildman–Crippen LogP) is 0.722. The van der Waals surface area contributed by atoms with Crippen LogP contribution in [-0.2, 0) is 11.8 Å². The predicted molar refractivity (Wildman–Crippen MR) is 83.2 cm³/mol. The van der Waals surface area contributed by atoms with Crippen molar-refractivity contribution in [2.24, 2.45) is 13.0 Å². The Labute approximate surface area is 131 Å². The lowest BCUT2D eigenvalue weighted by Gasteiger charge is -2.35. The summed E-state index contributed by atoms with van der Waals surface area (Å²) in [4.78, 5) is 14.5. The molecule has 1 aliphatic rings. The number of hydrogen-bond donors (Lipinski definition) is 2. The molecular weight excluding hydrogens is 292 g/mol. The van der Waals surface area contributed by atoms with Crippen molar-refractivity contribution in [1.82, 2.24) is 20.0 Å². The first-order valence-electron chi connectivity index (χ1n) is 7.15. The van der Waals surface area contributed by atoms with Gasteiger partial charge in [0.05, 0.1) is 12.3 Å². The second-order valence-electron chi connectivity index (χ2n) is 5.57. The Bertz CT molecular complexity index is 456. The summed E-state index contributed by atoms with van der Waals surface area (Å²) in [5.74, 6) is 0.398. The van der Waals surface area contributed by atoms with E-state index in [2.05, 4.69) is 10.4 Å². The number of aliphatic hydroxyl groups excluding tert-OH is 1. The van der Waals surface area contributed by atoms with Gasteiger partial charge in [-0.2, -0.15) is 5.10 Å². The number of aryl methyl sites for hydroxylation is 1. The van der Waals surface area contributed by atoms with Gasteiger partial charge in [0.25, 0.3) is 0 Å². The van der Waals surface area contributed by atoms with E-state index in [0.29, 0.717) is 19.0 Å². The zero-order valence-corrected chi connectivity index (χ0v) is 13.6. The van der Waals surface area contributed by atoms with Crippen LogP contribution in [0.2, 0.25) is 0 Å². The van der Waals surface area contributed by atoms with Crippen molar-refractivity contribution in [2.45, 2.75) is 31.9 Å². The van der Waals surface area contributed by atoms with Crippen molar-refractivity contribution in [1.29, 1.82) is 0 Å². The molecule has 0 aliphatic carbocycles. The van der Waals surface area contributed by atoms with Crippen LogP contribution in [0.5, 0.6) is 0 Å². The maximum atomic E-state index is 12.6. The first kappa shape index (κ1) is 17.9. The van der Waals surface area contributed by atoms with Crippen LogP contribution in [-0.4, -0.2) is 51.9 Å². The molecule has 0 bridgehead atoms. The highest BCUT2D eigenvalue weighted by atomic mass is 35.5. The van der Waals surface area contributed by atoms with Crippen LogP contribution >= 0.6 is 12.4 Å². The van der Waals surface area contributed by atoms with Crippen LogP contribution in [0.15, 0.2) is 12.4 Å². The van der Waals surface area contributed by atoms with Gasteiger partial charge in [-0.05, 0) is 32.7 Å². The van der Waals surface area contributed by atoms with E-state index in [9.17, 15) is 9.90 Å². The first-order valence-corrected chi connectivity index (χ1v) is 7.15. The van der Waals surface area contributed by atoms with Gasteiger partial charge in [0.1, 0.15) is 6.04 Å². The van der Waals surface area contributed by atoms with Gasteiger partial charge in [0, 0.05) is 31.9 Å². The summed E-state index contributed by atoms with van der Waals surface area (Å²) in [6.07, 6.45) is 5.04. The van der Waals surface area contributed by atoms with Crippen molar-refractivity contribution in [3.8, 4) is 0 Å². The summed E-state index contributed by atoms with van der Waals surface area (Å²) >= 11 is 0. The third kappa shape index (κ3) is 4.18. The van der Waals surface area contributed by atoms with E-state index in [4.69, 9.17) is 0 Å². The average Bonchev–Trinajstić information content (AvgIpc) is 2.86. The monoisotopic (exact) mass is 316 g/mol. The molecule has 1 aliphatic heterocycles. The summed E-state index contributed by atoms with van der Waals surface area (Å²) in [6.45, 7) is 3.26. The van der Waals surface area contributed by atoms with Crippen molar-refractivity contribution in [2.75, 3.05) is 20.1 Å². The number of likely N-dealkylation sites (N-methyl/N-ethyl adjacent to an activating group) is 1. The number of nitrogens with one attached hydrogen (secondary N) is 1. The number of carbonyl (C=O) groups is 1. The minimum absolute atomic E-state index is 0. The lowest BCUT2D eigenvalue weighted by Crippen LogP contribution is -2.45. The van der Waals surface area contributed by atoms with Gasteiger partial charge in [-0.3, -0.25) is 9.48 Å². The third-order valence-corrected chi connectivity index (χ3v) is 4.13. The second-order valence-corrected chi connectivity index (χ2v) is 5.57. The van der Waals surface area contributed by atoms with Crippen LogP contribution in [0, 0.1) is 5.92 Å². The Morgan fingerprint density at radius 3 is 2.52 bits per heavy atom. The number of nitrogens with zero attached hydrogens (tertiary/aromatic N) is 3. The van der Waals surface area contributed by atoms with Gasteiger partial charge in [0.2, 0.25) is 5.91 Å². The third-order valence-electron chi connectivity index (χ3n) is 4.13. The molecule has 1 aromatic heterocycles. The summed E-state index contributed by atoms with van der Waals surface area (Å²) in [7, 11) is 3.63. The SMILES string of the molecule is CNC(C(=O)N1CCC(C(C)O)CC1)c1cnn(C)c1.Cl. The lowest BCUT2D eigenvalue weighted by molar-refractivity contribution is -0.135. The molecule has 2 heterocycles. The molecular formula is C14H25ClN4O2. The molecule has 0 aromatic carbocycles. The number of carbonyl (C=O) groups excluding carboxylic acids is 1. The van der Waals surface area contributed by atoms with Crippen LogP contribution in [0.4, 0.5) is 0 Å². The van der Waals surface area contributed by atoms with Crippen LogP contribution in [0.1, 0.15) is 31.4 Å². The van der Waals surface area contributed by atoms with Gasteiger partial charge in [-0.15, -0.1) is 12.4 Å². The fourth-order valence-corrected chi connectivity index (χ4v) is 2.81. The van der Waals surface area contributed by atoms with Crippen molar-refractivity contribution in [3.05, 3.63) is 18.0 Å². The van der Waals surface area contributed by atoms with E-state index < -0.39 is 0 Å². The summed E-state index contributed by atoms with van der Waals surface area (Å²) < 4.78 is 1.70. The maximum absolute atomic E-state index is 12.6. The number of likely N-dealkylation sites (tertiary alicyclic amines) is 1. The molecule has 0 radical (unpaired) electrons. The van der Waals surface area contributed by atoms with Crippen LogP contribution < -0.4 is 5.32 Å². The number of halogens is 1. The summed E-state index contributed by atoms with van der Waals surface area (Å²) in [6, 6.07) is -0.341. The highest BCUT2D eigenvalue weighted by Gasteiger charge is 2.30. The molecule has 1 fully saturated rings. The van der Waals surface area contributed by atoms with Crippen molar-refractivity contribution < 1.29 is 9.90 Å². The normalized spacial score (nSPS) is 19.0. The standard InChI is InChI=1S/C14H24N4O2.ClH/c1-10(19)11-4-6-18(7-5-11)14(20)13(15-2)12-8-16-17(3)9-12;/h8-11,13,15,19H,4-7H2,1-3H3;1H. The van der Waals surface area contributed by atoms with Gasteiger partial charge < -0.3 is 15.3 Å². The Morgan fingerprint density at radius 1 is 1.48 bits per heavy atom. The van der Waals surface area contributed by atoms with Crippen LogP contribution in [0.25, 0.3) is 0 Å². The van der Waals surface area contributed by atoms with Crippen LogP contribution in [0.3, 0.4) is 0 Å². The minimum atomic E-state index is -0.341. The van der Waals surface area contributed by atoms with Crippen molar-refractivity contribution in [3.63, 3.8) is 0 Å². The molecule has 2 rings (SSSR count). The molecule has 1 amide bonds. The van der Waals surface area contributed by atoms with Gasteiger partial charge in [0.15, 0.2) is 0 Å². The largest absolute Gasteiger partial charge is 0.393 e. The topological polar surface area (TPSA) is 70.4 Å². The number of aliphatic hydroxyl groups is 1. The molecule has 0 spiro atoms. The molecule has 2 N–H and O–H groups in total. The molecule has 6 nitrogen and oxygen atoms in total. The molecule has 2 atom stereocenters. The van der Waals surface area contributed by atoms with E-state index in [1.54, 1.807) is 17.9 Å². The molecule has 2 unspecified atom stereocenters. The number of hydrogen-bond acceptors (Lipinski definition) is 4. The summed E-state index contributed by atoms with van der Waals surface area (Å²) in [5.41, 5.74) is 0.887. The Kier molecular flexibility index (Phi) is 6.64. The number of aromatic nitrogens is 2. The quantitative estimate of drug-likeness (QED) is 0.859. The Hall–Kier alpha value is -1.11. The Morgan fingerprint density at radius 2 is 2.10 bits per heavy atom. The van der Waals surface area contributed by atoms with E-state index in [1.165, 1.54) is 0 Å². The molecule has 0 saturated carbocycles. The zero-order valence-electron chi connectivity index (χ0n) is 12.8. The molecule has 120 valence electrons. The maximum Gasteiger partial charge on any atom is 0.244 e. The van der Waals surface area contributed by atoms with Crippen molar-refractivity contribution >= 4 is 18.3 Å². The molecule has 1 saturated heterocycles. The highest BCUT2D eigenvalue weighted by Crippen LogP contribution is 2.23. The lowest BCUT2D eigenvalue weighted by atomic mass is 9.91. The second kappa shape index (κ2) is 7.77. The highest BCUT2D eigenvalue weighted by molar-refractivity contribution is 5.85. The smallest absolute Gasteiger partial charge is 0.244 e. The van der Waals surface area contributed by atoms with E-state index >= 15 is 0 Å². The van der Waals surface area contributed by atoms with Gasteiger partial charge in [-0.1, -0.05) is 0 Å². The zero-order chi connectivity index (χ0) is 14.7. The molecule has 7 heteroatoms. The number of rotatable bonds is 4. The number of amides is 1. The first-order chi connectivity index (χ1) is 9.52. The average molecular weight is 317 g/mol. The Balaban J connectivity index is 0.00000220. The minimum Gasteiger partial charge on any atom is -0.393 e. The fourth-order valence-electron chi connectivity index (χ4n) is 2.81. The molecule has 1 aromatic rings. The van der Waals surface area contributed by atoms with Gasteiger partial charge >= 0.3 is 0 Å². The number of piperidine rings is 1.